The second-order valence-corrected chi connectivity index (χ2v) is 12.2. The molecule has 0 bridgehead atoms. The van der Waals surface area contributed by atoms with Gasteiger partial charge in [-0.1, -0.05) is 12.1 Å². The number of carboxylic acid groups (broad SMARTS) is 3. The Morgan fingerprint density at radius 2 is 1.46 bits per heavy atom. The van der Waals surface area contributed by atoms with E-state index < -0.39 is 29.9 Å². The van der Waals surface area contributed by atoms with E-state index in [0.29, 0.717) is 41.6 Å². The zero-order valence-electron chi connectivity index (χ0n) is 28.4. The van der Waals surface area contributed by atoms with Crippen LogP contribution in [0.2, 0.25) is 0 Å². The Labute approximate surface area is 309 Å². The molecule has 0 fully saturated rings. The largest absolute Gasteiger partial charge is 0.481 e. The number of nitrogens with one attached hydrogen (secondary N) is 1. The molecule has 1 atom stereocenters. The van der Waals surface area contributed by atoms with E-state index >= 15 is 0 Å². The van der Waals surface area contributed by atoms with Crippen molar-refractivity contribution in [1.82, 2.24) is 25.3 Å². The summed E-state index contributed by atoms with van der Waals surface area (Å²) in [6.45, 7) is 1.91. The summed E-state index contributed by atoms with van der Waals surface area (Å²) in [5.74, 6) is -2.52. The molecule has 0 saturated carbocycles. The molecule has 52 heavy (non-hydrogen) atoms. The molecule has 0 aliphatic heterocycles. The molecule has 0 spiro atoms. The number of hydrogen-bond acceptors (Lipinski definition) is 12. The van der Waals surface area contributed by atoms with Crippen LogP contribution in [0, 0.1) is 0 Å². The number of benzene rings is 2. The molecule has 0 radical (unpaired) electrons. The van der Waals surface area contributed by atoms with Crippen molar-refractivity contribution in [3.05, 3.63) is 71.5 Å². The summed E-state index contributed by atoms with van der Waals surface area (Å²) in [5, 5.41) is 28.8. The summed E-state index contributed by atoms with van der Waals surface area (Å²) >= 11 is 11.5. The topological polar surface area (TPSA) is 251 Å². The van der Waals surface area contributed by atoms with Gasteiger partial charge in [-0.25, -0.2) is 14.8 Å². The van der Waals surface area contributed by atoms with Gasteiger partial charge in [0.05, 0.1) is 18.4 Å². The Hall–Kier alpha value is -5.48. The van der Waals surface area contributed by atoms with E-state index in [2.05, 4.69) is 30.2 Å². The first kappa shape index (κ1) is 40.9. The van der Waals surface area contributed by atoms with Crippen molar-refractivity contribution in [1.29, 1.82) is 0 Å². The highest BCUT2D eigenvalue weighted by Crippen LogP contribution is 2.20. The van der Waals surface area contributed by atoms with E-state index in [9.17, 15) is 24.3 Å². The molecule has 0 aliphatic carbocycles. The van der Waals surface area contributed by atoms with Crippen LogP contribution in [-0.2, 0) is 27.3 Å². The lowest BCUT2D eigenvalue weighted by Gasteiger charge is -2.23. The number of nitrogen functional groups attached to an aromatic ring is 2. The molecule has 8 N–H and O–H groups in total. The summed E-state index contributed by atoms with van der Waals surface area (Å²) in [6, 6.07) is 13.3. The number of nitrogens with zero attached hydrogens (tertiary/aromatic N) is 6. The number of carbonyl (C=O) groups excluding carboxylic acids is 1. The maximum Gasteiger partial charge on any atom is 0.326 e. The second kappa shape index (κ2) is 20.4. The van der Waals surface area contributed by atoms with Crippen molar-refractivity contribution in [2.24, 2.45) is 0 Å². The fraction of sp³-hybridized carbons (Fsp3) is 0.353. The summed E-state index contributed by atoms with van der Waals surface area (Å²) in [4.78, 5) is 65.3. The zero-order chi connectivity index (χ0) is 38.2. The van der Waals surface area contributed by atoms with Gasteiger partial charge in [-0.15, -0.1) is 23.2 Å². The van der Waals surface area contributed by atoms with E-state index in [1.165, 1.54) is 12.1 Å². The van der Waals surface area contributed by atoms with Crippen LogP contribution in [0.3, 0.4) is 0 Å². The van der Waals surface area contributed by atoms with Crippen LogP contribution in [0.25, 0.3) is 11.2 Å². The van der Waals surface area contributed by atoms with E-state index in [1.54, 1.807) is 18.3 Å². The smallest absolute Gasteiger partial charge is 0.326 e. The van der Waals surface area contributed by atoms with Gasteiger partial charge in [0.15, 0.2) is 17.0 Å². The predicted molar refractivity (Wildman–Crippen MR) is 199 cm³/mol. The first-order valence-corrected chi connectivity index (χ1v) is 17.2. The molecule has 278 valence electrons. The second-order valence-electron chi connectivity index (χ2n) is 11.5. The number of aryl methyl sites for hydroxylation is 1. The molecule has 1 amide bonds. The van der Waals surface area contributed by atoms with Crippen LogP contribution in [0.4, 0.5) is 23.1 Å². The van der Waals surface area contributed by atoms with Crippen molar-refractivity contribution in [3.8, 4) is 0 Å². The van der Waals surface area contributed by atoms with Gasteiger partial charge in [0, 0.05) is 61.7 Å². The van der Waals surface area contributed by atoms with E-state index in [-0.39, 0.29) is 36.6 Å². The molecule has 0 aliphatic rings. The number of aromatic nitrogens is 4. The third-order valence-electron chi connectivity index (χ3n) is 7.59. The molecule has 4 rings (SSSR count). The van der Waals surface area contributed by atoms with Gasteiger partial charge in [0.25, 0.3) is 5.91 Å². The summed E-state index contributed by atoms with van der Waals surface area (Å²) in [7, 11) is 1.82. The van der Waals surface area contributed by atoms with Gasteiger partial charge >= 0.3 is 17.9 Å². The van der Waals surface area contributed by atoms with Crippen molar-refractivity contribution in [2.45, 2.75) is 44.7 Å². The van der Waals surface area contributed by atoms with Crippen molar-refractivity contribution < 1.29 is 34.5 Å². The molecule has 18 heteroatoms. The normalized spacial score (nSPS) is 11.2. The van der Waals surface area contributed by atoms with E-state index in [4.69, 9.17) is 44.9 Å². The molecule has 0 saturated heterocycles. The van der Waals surface area contributed by atoms with Crippen molar-refractivity contribution >= 4 is 81.3 Å². The zero-order valence-corrected chi connectivity index (χ0v) is 29.9. The van der Waals surface area contributed by atoms with E-state index in [1.807, 2.05) is 36.2 Å². The monoisotopic (exact) mass is 757 g/mol. The molecular weight excluding hydrogens is 717 g/mol. The number of hydrogen-bond donors (Lipinski definition) is 6. The van der Waals surface area contributed by atoms with Crippen LogP contribution in [0.1, 0.15) is 47.3 Å². The van der Waals surface area contributed by atoms with Gasteiger partial charge in [-0.2, -0.15) is 9.97 Å². The molecule has 2 aromatic heterocycles. The summed E-state index contributed by atoms with van der Waals surface area (Å²) < 4.78 is 0. The van der Waals surface area contributed by atoms with Crippen LogP contribution in [0.5, 0.6) is 0 Å². The average molecular weight is 759 g/mol. The highest BCUT2D eigenvalue weighted by molar-refractivity contribution is 6.18. The average Bonchev–Trinajstić information content (AvgIpc) is 3.10. The van der Waals surface area contributed by atoms with Crippen LogP contribution < -0.4 is 26.6 Å². The van der Waals surface area contributed by atoms with Gasteiger partial charge < -0.3 is 41.9 Å². The summed E-state index contributed by atoms with van der Waals surface area (Å²) in [5.41, 5.74) is 15.9. The summed E-state index contributed by atoms with van der Waals surface area (Å²) in [6.07, 6.45) is 2.64. The van der Waals surface area contributed by atoms with Gasteiger partial charge in [0.1, 0.15) is 6.04 Å². The number of alkyl halides is 2. The third-order valence-corrected chi connectivity index (χ3v) is 7.93. The lowest BCUT2D eigenvalue weighted by atomic mass is 10.1. The van der Waals surface area contributed by atoms with Crippen LogP contribution in [0.15, 0.2) is 54.7 Å². The molecule has 16 nitrogen and oxygen atoms in total. The minimum absolute atomic E-state index is 0.0138. The van der Waals surface area contributed by atoms with Crippen molar-refractivity contribution in [3.63, 3.8) is 0 Å². The van der Waals surface area contributed by atoms with E-state index in [0.717, 1.165) is 36.4 Å². The van der Waals surface area contributed by atoms with Crippen LogP contribution in [-0.4, -0.2) is 97.0 Å². The molecule has 1 unspecified atom stereocenters. The first-order valence-electron chi connectivity index (χ1n) is 16.1. The molecule has 2 aromatic carbocycles. The van der Waals surface area contributed by atoms with Crippen molar-refractivity contribution in [2.75, 3.05) is 53.2 Å². The lowest BCUT2D eigenvalue weighted by molar-refractivity contribution is -0.141. The minimum Gasteiger partial charge on any atom is -0.481 e. The molecule has 4 aromatic rings. The standard InChI is InChI=1S/C20H22N8O5.C14H19Cl2NO2/c1-28(9-11-8-23-17-15(24-11)16(21)26-20(22)27-17)12-4-2-10(3-5-12)18(31)25-13(19(32)33)6-7-14(29)30;15-8-10-17(11-9-16)13-6-4-12(5-7-13)2-1-3-14(18)19/h2-5,8,13H,6-7,9H2,1H3,(H,25,31)(H,29,30)(H,32,33)(H4,21,22,23,26,27);4-7H,1-3,8-11H2,(H,18,19). The highest BCUT2D eigenvalue weighted by atomic mass is 35.5. The number of fused-ring (bicyclic) bond motifs is 1. The maximum absolute atomic E-state index is 12.4. The van der Waals surface area contributed by atoms with Crippen LogP contribution >= 0.6 is 23.2 Å². The Kier molecular flexibility index (Phi) is 16.1. The number of anilines is 4. The maximum atomic E-state index is 12.4. The number of carboxylic acids is 3. The Bertz CT molecular complexity index is 1810. The Morgan fingerprint density at radius 1 is 0.846 bits per heavy atom. The quantitative estimate of drug-likeness (QED) is 0.0793. The number of carbonyl (C=O) groups is 4. The fourth-order valence-electron chi connectivity index (χ4n) is 4.92. The number of halogens is 2. The minimum atomic E-state index is -1.30. The van der Waals surface area contributed by atoms with Gasteiger partial charge in [0.2, 0.25) is 5.95 Å². The Morgan fingerprint density at radius 3 is 2.04 bits per heavy atom. The number of rotatable bonds is 18. The lowest BCUT2D eigenvalue weighted by Crippen LogP contribution is -2.41. The number of nitrogens with two attached hydrogens (primary N) is 2. The van der Waals surface area contributed by atoms with Gasteiger partial charge in [-0.3, -0.25) is 14.4 Å². The number of amides is 1. The third kappa shape index (κ3) is 13.0. The number of aliphatic carboxylic acids is 3. The fourth-order valence-corrected chi connectivity index (χ4v) is 5.33. The first-order chi connectivity index (χ1) is 24.8. The predicted octanol–water partition coefficient (Wildman–Crippen LogP) is 3.65. The SMILES string of the molecule is CN(Cc1cnc2nc(N)nc(N)c2n1)c1ccc(C(=O)NC(CCC(=O)O)C(=O)O)cc1.O=C(O)CCCc1ccc(N(CCCl)CCCl)cc1. The molecular formula is C34H41Cl2N9O7. The Balaban J connectivity index is 0.000000326. The highest BCUT2D eigenvalue weighted by Gasteiger charge is 2.22. The van der Waals surface area contributed by atoms with Gasteiger partial charge in [-0.05, 0) is 61.2 Å². The molecule has 2 heterocycles.